The van der Waals surface area contributed by atoms with E-state index < -0.39 is 6.04 Å². The van der Waals surface area contributed by atoms with Crippen LogP contribution in [0.4, 0.5) is 4.39 Å². The van der Waals surface area contributed by atoms with E-state index in [0.717, 1.165) is 6.29 Å². The maximum Gasteiger partial charge on any atom is 0.251 e. The minimum Gasteiger partial charge on any atom is -0.345 e. The number of nitrogens with one attached hydrogen (secondary N) is 1. The van der Waals surface area contributed by atoms with Gasteiger partial charge in [0.25, 0.3) is 5.91 Å². The second-order valence-electron chi connectivity index (χ2n) is 4.35. The van der Waals surface area contributed by atoms with Gasteiger partial charge in [-0.05, 0) is 29.8 Å². The molecule has 0 fully saturated rings. The summed E-state index contributed by atoms with van der Waals surface area (Å²) in [6.07, 6.45) is 0.878. The van der Waals surface area contributed by atoms with E-state index in [4.69, 9.17) is 0 Å². The van der Waals surface area contributed by atoms with E-state index in [2.05, 4.69) is 5.32 Å². The van der Waals surface area contributed by atoms with Crippen LogP contribution in [0.25, 0.3) is 0 Å². The quantitative estimate of drug-likeness (QED) is 0.850. The van der Waals surface area contributed by atoms with E-state index in [1.807, 2.05) is 6.07 Å². The van der Waals surface area contributed by atoms with E-state index >= 15 is 0 Å². The summed E-state index contributed by atoms with van der Waals surface area (Å²) in [5.74, 6) is -0.616. The van der Waals surface area contributed by atoms with Gasteiger partial charge >= 0.3 is 0 Å². The Hall–Kier alpha value is -2.49. The van der Waals surface area contributed by atoms with Crippen molar-refractivity contribution in [2.75, 3.05) is 0 Å². The van der Waals surface area contributed by atoms with Crippen molar-refractivity contribution in [2.24, 2.45) is 0 Å². The molecule has 2 aromatic carbocycles. The molecule has 20 heavy (non-hydrogen) atoms. The predicted molar refractivity (Wildman–Crippen MR) is 73.7 cm³/mol. The van der Waals surface area contributed by atoms with Crippen molar-refractivity contribution < 1.29 is 14.0 Å². The van der Waals surface area contributed by atoms with Crippen molar-refractivity contribution in [3.05, 3.63) is 71.5 Å². The Labute approximate surface area is 116 Å². The number of carbonyl (C=O) groups is 2. The molecule has 2 rings (SSSR count). The van der Waals surface area contributed by atoms with Crippen LogP contribution in [0, 0.1) is 5.82 Å². The van der Waals surface area contributed by atoms with Gasteiger partial charge in [-0.3, -0.25) is 4.79 Å². The molecule has 1 atom stereocenters. The van der Waals surface area contributed by atoms with E-state index in [1.165, 1.54) is 12.1 Å². The zero-order valence-electron chi connectivity index (χ0n) is 10.8. The van der Waals surface area contributed by atoms with E-state index in [9.17, 15) is 14.0 Å². The van der Waals surface area contributed by atoms with Crippen LogP contribution in [0.15, 0.2) is 54.6 Å². The van der Waals surface area contributed by atoms with Gasteiger partial charge in [-0.15, -0.1) is 0 Å². The number of carbonyl (C=O) groups excluding carboxylic acids is 2. The minimum absolute atomic E-state index is 0.143. The molecule has 0 heterocycles. The van der Waals surface area contributed by atoms with Crippen LogP contribution in [-0.2, 0) is 4.79 Å². The van der Waals surface area contributed by atoms with Crippen molar-refractivity contribution in [1.82, 2.24) is 5.32 Å². The van der Waals surface area contributed by atoms with Crippen LogP contribution >= 0.6 is 0 Å². The lowest BCUT2D eigenvalue weighted by molar-refractivity contribution is -0.108. The molecule has 0 bridgehead atoms. The zero-order valence-corrected chi connectivity index (χ0v) is 10.8. The highest BCUT2D eigenvalue weighted by molar-refractivity contribution is 5.94. The average Bonchev–Trinajstić information content (AvgIpc) is 2.48. The molecule has 1 amide bonds. The topological polar surface area (TPSA) is 46.2 Å². The molecule has 102 valence electrons. The molecule has 0 saturated heterocycles. The van der Waals surface area contributed by atoms with Crippen molar-refractivity contribution in [3.63, 3.8) is 0 Å². The van der Waals surface area contributed by atoms with Gasteiger partial charge in [-0.1, -0.05) is 30.3 Å². The number of amides is 1. The van der Waals surface area contributed by atoms with Gasteiger partial charge in [0.05, 0.1) is 6.04 Å². The minimum atomic E-state index is -0.458. The number of halogens is 1. The summed E-state index contributed by atoms with van der Waals surface area (Å²) in [6, 6.07) is 14.0. The Morgan fingerprint density at radius 1 is 1.10 bits per heavy atom. The molecular weight excluding hydrogens is 257 g/mol. The maximum atomic E-state index is 12.9. The fourth-order valence-electron chi connectivity index (χ4n) is 1.90. The van der Waals surface area contributed by atoms with Crippen LogP contribution in [0.2, 0.25) is 0 Å². The smallest absolute Gasteiger partial charge is 0.251 e. The fourth-order valence-corrected chi connectivity index (χ4v) is 1.90. The van der Waals surface area contributed by atoms with E-state index in [0.29, 0.717) is 11.1 Å². The molecule has 1 N–H and O–H groups in total. The molecule has 0 spiro atoms. The molecule has 0 aliphatic heterocycles. The first kappa shape index (κ1) is 13.9. The van der Waals surface area contributed by atoms with Crippen LogP contribution in [0.3, 0.4) is 0 Å². The van der Waals surface area contributed by atoms with Gasteiger partial charge in [0.2, 0.25) is 0 Å². The Morgan fingerprint density at radius 2 is 1.75 bits per heavy atom. The molecule has 0 saturated carbocycles. The summed E-state index contributed by atoms with van der Waals surface area (Å²) in [6.45, 7) is 0. The Kier molecular flexibility index (Phi) is 4.60. The molecule has 0 aliphatic rings. The average molecular weight is 271 g/mol. The summed E-state index contributed by atoms with van der Waals surface area (Å²) in [4.78, 5) is 22.8. The first-order valence-corrected chi connectivity index (χ1v) is 6.25. The van der Waals surface area contributed by atoms with Crippen molar-refractivity contribution >= 4 is 12.2 Å². The lowest BCUT2D eigenvalue weighted by atomic mass is 10.0. The highest BCUT2D eigenvalue weighted by Crippen LogP contribution is 2.17. The lowest BCUT2D eigenvalue weighted by Gasteiger charge is -2.17. The molecule has 0 radical (unpaired) electrons. The van der Waals surface area contributed by atoms with Crippen LogP contribution in [0.1, 0.15) is 28.4 Å². The number of hydrogen-bond acceptors (Lipinski definition) is 2. The highest BCUT2D eigenvalue weighted by atomic mass is 19.1. The maximum absolute atomic E-state index is 12.9. The highest BCUT2D eigenvalue weighted by Gasteiger charge is 2.15. The number of hydrogen-bond donors (Lipinski definition) is 1. The van der Waals surface area contributed by atoms with Crippen molar-refractivity contribution in [3.8, 4) is 0 Å². The Morgan fingerprint density at radius 3 is 2.35 bits per heavy atom. The summed E-state index contributed by atoms with van der Waals surface area (Å²) < 4.78 is 12.9. The van der Waals surface area contributed by atoms with E-state index in [1.54, 1.807) is 36.4 Å². The SMILES string of the molecule is O=CC[C@@H](NC(=O)c1ccccc1)c1ccc(F)cc1. The number of rotatable bonds is 5. The van der Waals surface area contributed by atoms with Crippen LogP contribution < -0.4 is 5.32 Å². The standard InChI is InChI=1S/C16H14FNO2/c17-14-8-6-12(7-9-14)15(10-11-19)18-16(20)13-4-2-1-3-5-13/h1-9,11,15H,10H2,(H,18,20)/t15-/m1/s1. The zero-order chi connectivity index (χ0) is 14.4. The molecule has 0 aromatic heterocycles. The lowest BCUT2D eigenvalue weighted by Crippen LogP contribution is -2.28. The molecule has 2 aromatic rings. The molecule has 0 unspecified atom stereocenters. The third kappa shape index (κ3) is 3.51. The van der Waals surface area contributed by atoms with Gasteiger partial charge < -0.3 is 10.1 Å². The van der Waals surface area contributed by atoms with Crippen LogP contribution in [-0.4, -0.2) is 12.2 Å². The second kappa shape index (κ2) is 6.61. The summed E-state index contributed by atoms with van der Waals surface area (Å²) in [5.41, 5.74) is 1.22. The second-order valence-corrected chi connectivity index (χ2v) is 4.35. The normalized spacial score (nSPS) is 11.7. The molecule has 4 heteroatoms. The number of aldehydes is 1. The Bertz CT molecular complexity index is 581. The summed E-state index contributed by atoms with van der Waals surface area (Å²) in [7, 11) is 0. The van der Waals surface area contributed by atoms with Crippen molar-refractivity contribution in [1.29, 1.82) is 0 Å². The van der Waals surface area contributed by atoms with Gasteiger partial charge in [-0.2, -0.15) is 0 Å². The van der Waals surface area contributed by atoms with Crippen molar-refractivity contribution in [2.45, 2.75) is 12.5 Å². The fraction of sp³-hybridized carbons (Fsp3) is 0.125. The first-order valence-electron chi connectivity index (χ1n) is 6.25. The van der Waals surface area contributed by atoms with Crippen LogP contribution in [0.5, 0.6) is 0 Å². The molecule has 3 nitrogen and oxygen atoms in total. The molecule has 0 aliphatic carbocycles. The monoisotopic (exact) mass is 271 g/mol. The number of benzene rings is 2. The largest absolute Gasteiger partial charge is 0.345 e. The summed E-state index contributed by atoms with van der Waals surface area (Å²) in [5, 5.41) is 2.78. The van der Waals surface area contributed by atoms with Gasteiger partial charge in [0.15, 0.2) is 0 Å². The Balaban J connectivity index is 2.15. The third-order valence-corrected chi connectivity index (χ3v) is 2.95. The van der Waals surface area contributed by atoms with E-state index in [-0.39, 0.29) is 18.1 Å². The third-order valence-electron chi connectivity index (χ3n) is 2.95. The van der Waals surface area contributed by atoms with Gasteiger partial charge in [-0.25, -0.2) is 4.39 Å². The summed E-state index contributed by atoms with van der Waals surface area (Å²) >= 11 is 0. The van der Waals surface area contributed by atoms with Gasteiger partial charge in [0, 0.05) is 12.0 Å². The first-order chi connectivity index (χ1) is 9.70. The predicted octanol–water partition coefficient (Wildman–Crippen LogP) is 2.89. The molecular formula is C16H14FNO2. The van der Waals surface area contributed by atoms with Gasteiger partial charge in [0.1, 0.15) is 12.1 Å².